The number of hydrogen-bond acceptors (Lipinski definition) is 3. The average Bonchev–Trinajstić information content (AvgIpc) is 3.03. The number of anilines is 2. The first-order valence-corrected chi connectivity index (χ1v) is 8.23. The van der Waals surface area contributed by atoms with Crippen LogP contribution in [0, 0.1) is 5.92 Å². The number of carbonyl (C=O) groups excluding carboxylic acids is 2. The number of methoxy groups -OCH3 is 1. The van der Waals surface area contributed by atoms with Gasteiger partial charge in [-0.3, -0.25) is 9.59 Å². The van der Waals surface area contributed by atoms with Crippen LogP contribution in [0.15, 0.2) is 48.5 Å². The van der Waals surface area contributed by atoms with E-state index in [9.17, 15) is 22.8 Å². The predicted molar refractivity (Wildman–Crippen MR) is 93.5 cm³/mol. The Morgan fingerprint density at radius 3 is 2.52 bits per heavy atom. The third-order valence-electron chi connectivity index (χ3n) is 4.36. The van der Waals surface area contributed by atoms with Gasteiger partial charge in [0, 0.05) is 17.9 Å². The minimum absolute atomic E-state index is 0.00511. The summed E-state index contributed by atoms with van der Waals surface area (Å²) < 4.78 is 43.4. The molecule has 1 heterocycles. The summed E-state index contributed by atoms with van der Waals surface area (Å²) in [6, 6.07) is 11.2. The van der Waals surface area contributed by atoms with E-state index < -0.39 is 23.6 Å². The lowest BCUT2D eigenvalue weighted by Gasteiger charge is -2.17. The minimum atomic E-state index is -4.50. The maximum absolute atomic E-state index is 12.8. The Morgan fingerprint density at radius 1 is 1.19 bits per heavy atom. The number of benzene rings is 2. The van der Waals surface area contributed by atoms with Gasteiger partial charge in [0.2, 0.25) is 11.8 Å². The molecule has 1 atom stereocenters. The second-order valence-corrected chi connectivity index (χ2v) is 6.10. The average molecular weight is 378 g/mol. The second kappa shape index (κ2) is 7.30. The molecule has 1 N–H and O–H groups in total. The Hall–Kier alpha value is -3.03. The SMILES string of the molecule is COc1ccc(N2CCC(C(=O)Nc3cccc(C(F)(F)F)c3)C2=O)cc1. The number of halogens is 3. The van der Waals surface area contributed by atoms with Gasteiger partial charge in [-0.15, -0.1) is 0 Å². The van der Waals surface area contributed by atoms with Crippen LogP contribution in [-0.4, -0.2) is 25.5 Å². The first-order valence-electron chi connectivity index (χ1n) is 8.23. The largest absolute Gasteiger partial charge is 0.497 e. The molecule has 8 heteroatoms. The zero-order valence-corrected chi connectivity index (χ0v) is 14.4. The molecular weight excluding hydrogens is 361 g/mol. The van der Waals surface area contributed by atoms with Crippen molar-refractivity contribution >= 4 is 23.2 Å². The summed E-state index contributed by atoms with van der Waals surface area (Å²) in [6.07, 6.45) is -4.22. The first kappa shape index (κ1) is 18.8. The van der Waals surface area contributed by atoms with Crippen molar-refractivity contribution in [3.05, 3.63) is 54.1 Å². The van der Waals surface area contributed by atoms with Crippen LogP contribution in [0.25, 0.3) is 0 Å². The second-order valence-electron chi connectivity index (χ2n) is 6.10. The predicted octanol–water partition coefficient (Wildman–Crippen LogP) is 3.71. The Balaban J connectivity index is 1.70. The quantitative estimate of drug-likeness (QED) is 0.826. The Bertz CT molecular complexity index is 850. The van der Waals surface area contributed by atoms with Crippen LogP contribution in [0.1, 0.15) is 12.0 Å². The monoisotopic (exact) mass is 378 g/mol. The molecule has 1 fully saturated rings. The maximum Gasteiger partial charge on any atom is 0.416 e. The highest BCUT2D eigenvalue weighted by molar-refractivity contribution is 6.13. The fourth-order valence-corrected chi connectivity index (χ4v) is 2.94. The van der Waals surface area contributed by atoms with Crippen molar-refractivity contribution in [3.63, 3.8) is 0 Å². The van der Waals surface area contributed by atoms with Crippen LogP contribution in [0.2, 0.25) is 0 Å². The third-order valence-corrected chi connectivity index (χ3v) is 4.36. The van der Waals surface area contributed by atoms with Crippen molar-refractivity contribution in [1.82, 2.24) is 0 Å². The van der Waals surface area contributed by atoms with E-state index in [1.54, 1.807) is 24.3 Å². The number of ether oxygens (including phenoxy) is 1. The van der Waals surface area contributed by atoms with Gasteiger partial charge in [-0.05, 0) is 48.9 Å². The first-order chi connectivity index (χ1) is 12.8. The third kappa shape index (κ3) is 4.05. The van der Waals surface area contributed by atoms with E-state index in [1.165, 1.54) is 24.1 Å². The van der Waals surface area contributed by atoms with Gasteiger partial charge in [0.15, 0.2) is 0 Å². The summed E-state index contributed by atoms with van der Waals surface area (Å²) in [6.45, 7) is 0.353. The number of carbonyl (C=O) groups is 2. The van der Waals surface area contributed by atoms with Crippen LogP contribution < -0.4 is 15.0 Å². The van der Waals surface area contributed by atoms with Crippen molar-refractivity contribution in [3.8, 4) is 5.75 Å². The Kier molecular flexibility index (Phi) is 5.07. The molecule has 2 aromatic rings. The maximum atomic E-state index is 12.8. The molecule has 5 nitrogen and oxygen atoms in total. The Morgan fingerprint density at radius 2 is 1.89 bits per heavy atom. The highest BCUT2D eigenvalue weighted by atomic mass is 19.4. The van der Waals surface area contributed by atoms with Crippen molar-refractivity contribution in [2.45, 2.75) is 12.6 Å². The van der Waals surface area contributed by atoms with E-state index in [1.807, 2.05) is 0 Å². The summed E-state index contributed by atoms with van der Waals surface area (Å²) in [5.41, 5.74) is -0.224. The van der Waals surface area contributed by atoms with Gasteiger partial charge >= 0.3 is 6.18 Å². The molecule has 0 saturated carbocycles. The van der Waals surface area contributed by atoms with Crippen molar-refractivity contribution in [1.29, 1.82) is 0 Å². The number of nitrogens with one attached hydrogen (secondary N) is 1. The molecule has 1 unspecified atom stereocenters. The van der Waals surface area contributed by atoms with Crippen molar-refractivity contribution < 1.29 is 27.5 Å². The lowest BCUT2D eigenvalue weighted by Crippen LogP contribution is -2.33. The summed E-state index contributed by atoms with van der Waals surface area (Å²) in [7, 11) is 1.53. The molecule has 0 aliphatic carbocycles. The van der Waals surface area contributed by atoms with Gasteiger partial charge < -0.3 is 15.0 Å². The number of amides is 2. The van der Waals surface area contributed by atoms with E-state index in [0.29, 0.717) is 18.0 Å². The molecule has 1 aliphatic rings. The summed E-state index contributed by atoms with van der Waals surface area (Å²) >= 11 is 0. The molecular formula is C19H17F3N2O3. The molecule has 27 heavy (non-hydrogen) atoms. The Labute approximate surface area is 153 Å². The van der Waals surface area contributed by atoms with Crippen LogP contribution >= 0.6 is 0 Å². The van der Waals surface area contributed by atoms with Gasteiger partial charge in [0.05, 0.1) is 12.7 Å². The highest BCUT2D eigenvalue weighted by Gasteiger charge is 2.38. The van der Waals surface area contributed by atoms with Crippen LogP contribution in [0.3, 0.4) is 0 Å². The van der Waals surface area contributed by atoms with E-state index in [0.717, 1.165) is 12.1 Å². The molecule has 0 spiro atoms. The van der Waals surface area contributed by atoms with E-state index in [-0.39, 0.29) is 18.0 Å². The number of nitrogens with zero attached hydrogens (tertiary/aromatic N) is 1. The summed E-state index contributed by atoms with van der Waals surface area (Å²) in [4.78, 5) is 26.5. The molecule has 142 valence electrons. The molecule has 1 saturated heterocycles. The minimum Gasteiger partial charge on any atom is -0.497 e. The molecule has 1 aliphatic heterocycles. The molecule has 2 aromatic carbocycles. The lowest BCUT2D eigenvalue weighted by atomic mass is 10.1. The van der Waals surface area contributed by atoms with Gasteiger partial charge in [-0.2, -0.15) is 13.2 Å². The fourth-order valence-electron chi connectivity index (χ4n) is 2.94. The molecule has 0 aromatic heterocycles. The standard InChI is InChI=1S/C19H17F3N2O3/c1-27-15-7-5-14(6-8-15)24-10-9-16(18(24)26)17(25)23-13-4-2-3-12(11-13)19(20,21)22/h2-8,11,16H,9-10H2,1H3,(H,23,25). The zero-order chi connectivity index (χ0) is 19.6. The summed E-state index contributed by atoms with van der Waals surface area (Å²) in [5, 5.41) is 2.41. The molecule has 3 rings (SSSR count). The van der Waals surface area contributed by atoms with Gasteiger partial charge in [-0.1, -0.05) is 6.07 Å². The van der Waals surface area contributed by atoms with E-state index in [4.69, 9.17) is 4.74 Å². The van der Waals surface area contributed by atoms with E-state index in [2.05, 4.69) is 5.32 Å². The smallest absolute Gasteiger partial charge is 0.416 e. The van der Waals surface area contributed by atoms with E-state index >= 15 is 0 Å². The van der Waals surface area contributed by atoms with Gasteiger partial charge in [0.1, 0.15) is 11.7 Å². The van der Waals surface area contributed by atoms with Gasteiger partial charge in [-0.25, -0.2) is 0 Å². The number of rotatable bonds is 4. The molecule has 0 bridgehead atoms. The van der Waals surface area contributed by atoms with Crippen LogP contribution in [0.5, 0.6) is 5.75 Å². The lowest BCUT2D eigenvalue weighted by molar-refractivity contribution is -0.137. The fraction of sp³-hybridized carbons (Fsp3) is 0.263. The van der Waals surface area contributed by atoms with Crippen LogP contribution in [0.4, 0.5) is 24.5 Å². The van der Waals surface area contributed by atoms with Crippen molar-refractivity contribution in [2.24, 2.45) is 5.92 Å². The topological polar surface area (TPSA) is 58.6 Å². The highest BCUT2D eigenvalue weighted by Crippen LogP contribution is 2.31. The van der Waals surface area contributed by atoms with Crippen LogP contribution in [-0.2, 0) is 15.8 Å². The molecule has 2 amide bonds. The van der Waals surface area contributed by atoms with Crippen molar-refractivity contribution in [2.75, 3.05) is 23.9 Å². The normalized spacial score (nSPS) is 17.1. The number of alkyl halides is 3. The van der Waals surface area contributed by atoms with Gasteiger partial charge in [0.25, 0.3) is 0 Å². The number of hydrogen-bond donors (Lipinski definition) is 1. The zero-order valence-electron chi connectivity index (χ0n) is 14.4. The molecule has 0 radical (unpaired) electrons. The summed E-state index contributed by atoms with van der Waals surface area (Å²) in [5.74, 6) is -1.30.